The van der Waals surface area contributed by atoms with Crippen LogP contribution in [0.15, 0.2) is 68.5 Å². The van der Waals surface area contributed by atoms with Gasteiger partial charge in [0, 0.05) is 0 Å². The van der Waals surface area contributed by atoms with Crippen molar-refractivity contribution in [2.45, 2.75) is 44.4 Å². The van der Waals surface area contributed by atoms with E-state index in [4.69, 9.17) is 0 Å². The molecule has 0 amide bonds. The number of hydrogen-bond acceptors (Lipinski definition) is 0. The maximum atomic E-state index is 14.8. The van der Waals surface area contributed by atoms with Crippen LogP contribution in [0.2, 0.25) is 13.1 Å². The Morgan fingerprint density at radius 3 is 2.17 bits per heavy atom. The molecular weight excluding hydrogens is 470 g/mol. The van der Waals surface area contributed by atoms with Gasteiger partial charge in [-0.1, -0.05) is 0 Å². The van der Waals surface area contributed by atoms with E-state index in [1.165, 1.54) is 28.3 Å². The van der Waals surface area contributed by atoms with Crippen molar-refractivity contribution in [3.63, 3.8) is 0 Å². The number of fused-ring (bicyclic) bond motifs is 1. The van der Waals surface area contributed by atoms with E-state index in [1.807, 2.05) is 6.07 Å². The summed E-state index contributed by atoms with van der Waals surface area (Å²) in [5.74, 6) is -0.988. The van der Waals surface area contributed by atoms with Crippen molar-refractivity contribution < 1.29 is 29.1 Å². The second-order valence-corrected chi connectivity index (χ2v) is 26.2. The van der Waals surface area contributed by atoms with E-state index in [2.05, 4.69) is 65.1 Å². The summed E-state index contributed by atoms with van der Waals surface area (Å²) in [6.45, 7) is 14.1. The molecule has 4 rings (SSSR count). The summed E-state index contributed by atoms with van der Waals surface area (Å²) >= 11 is -2.13. The molecule has 0 spiro atoms. The zero-order valence-corrected chi connectivity index (χ0v) is 22.0. The Hall–Kier alpha value is -1.38. The quantitative estimate of drug-likeness (QED) is 0.383. The first kappa shape index (κ1) is 21.8. The molecule has 2 aromatic rings. The molecule has 0 bridgehead atoms. The molecule has 2 aliphatic carbocycles. The van der Waals surface area contributed by atoms with Crippen molar-refractivity contribution in [1.82, 2.24) is 0 Å². The van der Waals surface area contributed by atoms with Crippen LogP contribution >= 0.6 is 0 Å². The van der Waals surface area contributed by atoms with Crippen LogP contribution in [-0.2, 0) is 20.4 Å². The number of allylic oxidation sites excluding steroid dienone is 5. The molecule has 0 saturated heterocycles. The first-order valence-corrected chi connectivity index (χ1v) is 19.4. The normalized spacial score (nSPS) is 20.6. The topological polar surface area (TPSA) is 0 Å². The zero-order valence-electron chi connectivity index (χ0n) is 18.5. The minimum atomic E-state index is -2.13. The predicted molar refractivity (Wildman–Crippen MR) is 120 cm³/mol. The number of halogens is 2. The zero-order chi connectivity index (χ0) is 21.7. The summed E-state index contributed by atoms with van der Waals surface area (Å²) < 4.78 is 30.9. The third-order valence-corrected chi connectivity index (χ3v) is 25.5. The molecule has 2 aromatic carbocycles. The fourth-order valence-electron chi connectivity index (χ4n) is 5.09. The van der Waals surface area contributed by atoms with Crippen LogP contribution < -0.4 is 0 Å². The average molecular weight is 498 g/mol. The maximum absolute atomic E-state index is 14.8. The molecule has 0 aliphatic heterocycles. The molecule has 4 heteroatoms. The molecule has 0 aromatic heterocycles. The third-order valence-electron chi connectivity index (χ3n) is 6.94. The van der Waals surface area contributed by atoms with Gasteiger partial charge in [0.25, 0.3) is 0 Å². The van der Waals surface area contributed by atoms with Gasteiger partial charge in [0.1, 0.15) is 0 Å². The SMILES string of the molecule is CC1=C(C)C(C)[C]([Zr]([CH]2C=C(c3cccc(F)c3F)c3ccccc32)=[Si](C)C)=C1C. The van der Waals surface area contributed by atoms with Crippen LogP contribution in [0.4, 0.5) is 8.78 Å². The molecule has 0 nitrogen and oxygen atoms in total. The van der Waals surface area contributed by atoms with Crippen molar-refractivity contribution in [1.29, 1.82) is 0 Å². The summed E-state index contributed by atoms with van der Waals surface area (Å²) in [6, 6.07) is 12.9. The van der Waals surface area contributed by atoms with Gasteiger partial charge in [-0.2, -0.15) is 0 Å². The Balaban J connectivity index is 1.94. The number of hydrogen-bond donors (Lipinski definition) is 0. The number of benzene rings is 2. The Kier molecular flexibility index (Phi) is 6.03. The molecular formula is C26H28F2SiZr. The third kappa shape index (κ3) is 3.41. The van der Waals surface area contributed by atoms with Gasteiger partial charge in [-0.3, -0.25) is 0 Å². The molecule has 2 aliphatic rings. The molecule has 154 valence electrons. The molecule has 0 N–H and O–H groups in total. The minimum absolute atomic E-state index is 0.385. The van der Waals surface area contributed by atoms with Gasteiger partial charge >= 0.3 is 187 Å². The molecule has 0 saturated carbocycles. The summed E-state index contributed by atoms with van der Waals surface area (Å²) in [7, 11) is 0. The summed E-state index contributed by atoms with van der Waals surface area (Å²) in [5, 5.41) is 0. The molecule has 30 heavy (non-hydrogen) atoms. The summed E-state index contributed by atoms with van der Waals surface area (Å²) in [6.07, 6.45) is 2.30. The summed E-state index contributed by atoms with van der Waals surface area (Å²) in [4.78, 5) is 0. The van der Waals surface area contributed by atoms with Crippen LogP contribution in [0.1, 0.15) is 48.0 Å². The van der Waals surface area contributed by atoms with Gasteiger partial charge in [-0.15, -0.1) is 0 Å². The van der Waals surface area contributed by atoms with Crippen LogP contribution in [0.25, 0.3) is 5.57 Å². The molecule has 2 unspecified atom stereocenters. The Morgan fingerprint density at radius 2 is 1.53 bits per heavy atom. The van der Waals surface area contributed by atoms with Crippen LogP contribution in [0, 0.1) is 17.6 Å². The second-order valence-electron chi connectivity index (χ2n) is 8.73. The van der Waals surface area contributed by atoms with E-state index in [9.17, 15) is 8.78 Å². The van der Waals surface area contributed by atoms with Crippen molar-refractivity contribution in [2.24, 2.45) is 5.92 Å². The summed E-state index contributed by atoms with van der Waals surface area (Å²) in [5.41, 5.74) is 7.64. The predicted octanol–water partition coefficient (Wildman–Crippen LogP) is 7.58. The molecule has 0 fully saturated rings. The Bertz CT molecular complexity index is 1180. The van der Waals surface area contributed by atoms with Crippen molar-refractivity contribution in [2.75, 3.05) is 0 Å². The Morgan fingerprint density at radius 1 is 0.867 bits per heavy atom. The fraction of sp³-hybridized carbons (Fsp3) is 0.308. The van der Waals surface area contributed by atoms with Crippen LogP contribution in [-0.4, -0.2) is 5.43 Å². The van der Waals surface area contributed by atoms with Gasteiger partial charge in [0.2, 0.25) is 0 Å². The molecule has 0 radical (unpaired) electrons. The monoisotopic (exact) mass is 496 g/mol. The second kappa shape index (κ2) is 8.28. The van der Waals surface area contributed by atoms with Gasteiger partial charge in [-0.05, 0) is 0 Å². The molecule has 0 heterocycles. The van der Waals surface area contributed by atoms with Crippen LogP contribution in [0.5, 0.6) is 0 Å². The van der Waals surface area contributed by atoms with Gasteiger partial charge in [0.05, 0.1) is 0 Å². The van der Waals surface area contributed by atoms with Crippen molar-refractivity contribution >= 4 is 11.0 Å². The van der Waals surface area contributed by atoms with Crippen molar-refractivity contribution in [3.8, 4) is 0 Å². The van der Waals surface area contributed by atoms with E-state index in [-0.39, 0.29) is 0 Å². The molecule has 2 atom stereocenters. The fourth-order valence-corrected chi connectivity index (χ4v) is 24.8. The first-order chi connectivity index (χ1) is 14.2. The van der Waals surface area contributed by atoms with E-state index < -0.39 is 37.4 Å². The standard InChI is InChI=1S/C15H9F2.C9H13.C2H6Si.Zr/c16-14-7-3-6-13(15(14)17)12-9-8-10-4-1-2-5-11(10)12;1-6-5-7(2)9(4)8(6)3;1-3-2;/h1-9H;6H,1-4H3;1-2H3;. The van der Waals surface area contributed by atoms with E-state index in [0.717, 1.165) is 11.1 Å². The van der Waals surface area contributed by atoms with Crippen molar-refractivity contribution in [3.05, 3.63) is 96.9 Å². The Labute approximate surface area is 186 Å². The average Bonchev–Trinajstić information content (AvgIpc) is 3.18. The van der Waals surface area contributed by atoms with Gasteiger partial charge < -0.3 is 0 Å². The van der Waals surface area contributed by atoms with E-state index in [0.29, 0.717) is 15.1 Å². The first-order valence-electron chi connectivity index (χ1n) is 10.6. The van der Waals surface area contributed by atoms with Crippen LogP contribution in [0.3, 0.4) is 0 Å². The van der Waals surface area contributed by atoms with E-state index >= 15 is 0 Å². The van der Waals surface area contributed by atoms with E-state index in [1.54, 1.807) is 15.4 Å². The van der Waals surface area contributed by atoms with Gasteiger partial charge in [-0.25, -0.2) is 0 Å². The van der Waals surface area contributed by atoms with Gasteiger partial charge in [0.15, 0.2) is 0 Å². The number of rotatable bonds is 3.